The molecule has 1 aliphatic rings. The summed E-state index contributed by atoms with van der Waals surface area (Å²) >= 11 is 1.81. The topological polar surface area (TPSA) is 38.1 Å². The molecule has 0 unspecified atom stereocenters. The van der Waals surface area contributed by atoms with E-state index in [1.165, 1.54) is 0 Å². The second-order valence-electron chi connectivity index (χ2n) is 4.06. The van der Waals surface area contributed by atoms with Gasteiger partial charge in [-0.1, -0.05) is 12.1 Å². The number of thioether (sulfide) groups is 1. The van der Waals surface area contributed by atoms with Gasteiger partial charge in [-0.25, -0.2) is 4.98 Å². The molecule has 4 nitrogen and oxygen atoms in total. The minimum atomic E-state index is 0.179. The number of hydrogen-bond acceptors (Lipinski definition) is 3. The molecule has 17 heavy (non-hydrogen) atoms. The lowest BCUT2D eigenvalue weighted by Gasteiger charge is -2.14. The minimum Gasteiger partial charge on any atom is -0.331 e. The second kappa shape index (κ2) is 4.41. The van der Waals surface area contributed by atoms with Gasteiger partial charge < -0.3 is 9.47 Å². The fourth-order valence-electron chi connectivity index (χ4n) is 1.99. The monoisotopic (exact) mass is 247 g/mol. The van der Waals surface area contributed by atoms with Crippen molar-refractivity contribution in [3.63, 3.8) is 0 Å². The number of carbonyl (C=O) groups excluding carboxylic acids is 1. The van der Waals surface area contributed by atoms with Crippen LogP contribution in [0.2, 0.25) is 0 Å². The number of imidazole rings is 1. The van der Waals surface area contributed by atoms with Gasteiger partial charge in [0, 0.05) is 12.3 Å². The van der Waals surface area contributed by atoms with E-state index >= 15 is 0 Å². The van der Waals surface area contributed by atoms with E-state index < -0.39 is 0 Å². The Morgan fingerprint density at radius 3 is 3.12 bits per heavy atom. The first-order valence-corrected chi connectivity index (χ1v) is 6.75. The Kier molecular flexibility index (Phi) is 2.76. The van der Waals surface area contributed by atoms with Crippen LogP contribution in [0.4, 0.5) is 0 Å². The van der Waals surface area contributed by atoms with Gasteiger partial charge in [-0.3, -0.25) is 4.79 Å². The molecule has 0 N–H and O–H groups in total. The van der Waals surface area contributed by atoms with Crippen LogP contribution >= 0.6 is 11.8 Å². The molecule has 0 aliphatic carbocycles. The van der Waals surface area contributed by atoms with Crippen LogP contribution in [-0.2, 0) is 11.3 Å². The molecule has 3 rings (SSSR count). The fraction of sp³-hybridized carbons (Fsp3) is 0.333. The second-order valence-corrected chi connectivity index (χ2v) is 5.13. The SMILES string of the molecule is O=C(Cn1cnc2ccccc21)N1CCSC1. The summed E-state index contributed by atoms with van der Waals surface area (Å²) in [4.78, 5) is 18.2. The van der Waals surface area contributed by atoms with Crippen molar-refractivity contribution in [3.8, 4) is 0 Å². The predicted octanol–water partition coefficient (Wildman–Crippen LogP) is 1.57. The molecule has 0 saturated carbocycles. The van der Waals surface area contributed by atoms with Crippen LogP contribution in [0.25, 0.3) is 11.0 Å². The average molecular weight is 247 g/mol. The highest BCUT2D eigenvalue weighted by molar-refractivity contribution is 7.99. The van der Waals surface area contributed by atoms with Crippen molar-refractivity contribution in [2.75, 3.05) is 18.2 Å². The van der Waals surface area contributed by atoms with Crippen molar-refractivity contribution < 1.29 is 4.79 Å². The summed E-state index contributed by atoms with van der Waals surface area (Å²) < 4.78 is 1.92. The molecule has 1 aromatic heterocycles. The summed E-state index contributed by atoms with van der Waals surface area (Å²) in [5.74, 6) is 2.06. The lowest BCUT2D eigenvalue weighted by Crippen LogP contribution is -2.30. The summed E-state index contributed by atoms with van der Waals surface area (Å²) in [5, 5.41) is 0. The third kappa shape index (κ3) is 2.02. The first kappa shape index (κ1) is 10.7. The van der Waals surface area contributed by atoms with Crippen LogP contribution in [0.1, 0.15) is 0 Å². The lowest BCUT2D eigenvalue weighted by molar-refractivity contribution is -0.130. The maximum atomic E-state index is 12.0. The van der Waals surface area contributed by atoms with Gasteiger partial charge in [0.15, 0.2) is 0 Å². The van der Waals surface area contributed by atoms with Crippen molar-refractivity contribution in [2.45, 2.75) is 6.54 Å². The van der Waals surface area contributed by atoms with E-state index in [0.717, 1.165) is 29.2 Å². The van der Waals surface area contributed by atoms with Gasteiger partial charge in [0.05, 0.1) is 23.2 Å². The van der Waals surface area contributed by atoms with Gasteiger partial charge in [0.25, 0.3) is 0 Å². The van der Waals surface area contributed by atoms with Gasteiger partial charge in [-0.2, -0.15) is 0 Å². The van der Waals surface area contributed by atoms with Crippen LogP contribution in [0, 0.1) is 0 Å². The lowest BCUT2D eigenvalue weighted by atomic mass is 10.3. The molecule has 2 aromatic rings. The van der Waals surface area contributed by atoms with E-state index in [4.69, 9.17) is 0 Å². The zero-order valence-electron chi connectivity index (χ0n) is 9.37. The molecule has 1 saturated heterocycles. The molecule has 5 heteroatoms. The molecule has 1 aliphatic heterocycles. The van der Waals surface area contributed by atoms with Gasteiger partial charge in [-0.15, -0.1) is 11.8 Å². The van der Waals surface area contributed by atoms with Crippen molar-refractivity contribution in [1.29, 1.82) is 0 Å². The molecular formula is C12H13N3OS. The van der Waals surface area contributed by atoms with E-state index in [-0.39, 0.29) is 5.91 Å². The Bertz CT molecular complexity index is 545. The fourth-order valence-corrected chi connectivity index (χ4v) is 2.96. The Balaban J connectivity index is 1.82. The molecule has 88 valence electrons. The third-order valence-corrected chi connectivity index (χ3v) is 3.90. The molecular weight excluding hydrogens is 234 g/mol. The largest absolute Gasteiger partial charge is 0.331 e. The summed E-state index contributed by atoms with van der Waals surface area (Å²) in [6.07, 6.45) is 1.74. The predicted molar refractivity (Wildman–Crippen MR) is 68.8 cm³/mol. The molecule has 2 heterocycles. The van der Waals surface area contributed by atoms with Crippen LogP contribution in [-0.4, -0.2) is 38.5 Å². The van der Waals surface area contributed by atoms with Gasteiger partial charge in [0.1, 0.15) is 6.54 Å². The van der Waals surface area contributed by atoms with Gasteiger partial charge in [-0.05, 0) is 12.1 Å². The number of amides is 1. The normalized spacial score (nSPS) is 15.6. The molecule has 1 fully saturated rings. The Morgan fingerprint density at radius 1 is 1.41 bits per heavy atom. The first-order chi connectivity index (χ1) is 8.34. The number of rotatable bonds is 2. The van der Waals surface area contributed by atoms with E-state index in [1.807, 2.05) is 33.7 Å². The zero-order valence-corrected chi connectivity index (χ0v) is 10.2. The molecule has 0 bridgehead atoms. The summed E-state index contributed by atoms with van der Waals surface area (Å²) in [7, 11) is 0. The average Bonchev–Trinajstić information content (AvgIpc) is 2.98. The van der Waals surface area contributed by atoms with Crippen molar-refractivity contribution in [2.24, 2.45) is 0 Å². The van der Waals surface area contributed by atoms with E-state index in [9.17, 15) is 4.79 Å². The van der Waals surface area contributed by atoms with E-state index in [1.54, 1.807) is 18.1 Å². The van der Waals surface area contributed by atoms with Crippen LogP contribution in [0.5, 0.6) is 0 Å². The Hall–Kier alpha value is -1.49. The Morgan fingerprint density at radius 2 is 2.29 bits per heavy atom. The number of benzene rings is 1. The molecule has 0 radical (unpaired) electrons. The zero-order chi connectivity index (χ0) is 11.7. The van der Waals surface area contributed by atoms with Crippen LogP contribution in [0.3, 0.4) is 0 Å². The minimum absolute atomic E-state index is 0.179. The van der Waals surface area contributed by atoms with Crippen LogP contribution in [0.15, 0.2) is 30.6 Å². The maximum Gasteiger partial charge on any atom is 0.243 e. The van der Waals surface area contributed by atoms with Gasteiger partial charge >= 0.3 is 0 Å². The molecule has 1 amide bonds. The molecule has 1 aromatic carbocycles. The number of nitrogens with zero attached hydrogens (tertiary/aromatic N) is 3. The highest BCUT2D eigenvalue weighted by Crippen LogP contribution is 2.16. The standard InChI is InChI=1S/C12H13N3OS/c16-12(14-5-6-17-9-14)7-15-8-13-10-3-1-2-4-11(10)15/h1-4,8H,5-7,9H2. The smallest absolute Gasteiger partial charge is 0.243 e. The third-order valence-electron chi connectivity index (χ3n) is 2.94. The number of para-hydroxylation sites is 2. The number of carbonyl (C=O) groups is 1. The summed E-state index contributed by atoms with van der Waals surface area (Å²) in [6.45, 7) is 1.26. The van der Waals surface area contributed by atoms with Crippen molar-refractivity contribution >= 4 is 28.7 Å². The number of hydrogen-bond donors (Lipinski definition) is 0. The Labute approximate surface area is 104 Å². The highest BCUT2D eigenvalue weighted by Gasteiger charge is 2.18. The number of aromatic nitrogens is 2. The summed E-state index contributed by atoms with van der Waals surface area (Å²) in [6, 6.07) is 7.88. The van der Waals surface area contributed by atoms with Gasteiger partial charge in [0.2, 0.25) is 5.91 Å². The van der Waals surface area contributed by atoms with E-state index in [0.29, 0.717) is 6.54 Å². The quantitative estimate of drug-likeness (QED) is 0.808. The molecule has 0 atom stereocenters. The highest BCUT2D eigenvalue weighted by atomic mass is 32.2. The first-order valence-electron chi connectivity index (χ1n) is 5.60. The summed E-state index contributed by atoms with van der Waals surface area (Å²) in [5.41, 5.74) is 1.96. The van der Waals surface area contributed by atoms with E-state index in [2.05, 4.69) is 4.98 Å². The number of fused-ring (bicyclic) bond motifs is 1. The maximum absolute atomic E-state index is 12.0. The van der Waals surface area contributed by atoms with Crippen molar-refractivity contribution in [1.82, 2.24) is 14.5 Å². The van der Waals surface area contributed by atoms with Crippen LogP contribution < -0.4 is 0 Å². The molecule has 0 spiro atoms. The van der Waals surface area contributed by atoms with Crippen molar-refractivity contribution in [3.05, 3.63) is 30.6 Å².